The van der Waals surface area contributed by atoms with Gasteiger partial charge in [-0.3, -0.25) is 0 Å². The van der Waals surface area contributed by atoms with E-state index >= 15 is 0 Å². The van der Waals surface area contributed by atoms with Crippen molar-refractivity contribution in [1.82, 2.24) is 0 Å². The Morgan fingerprint density at radius 3 is 2.78 bits per heavy atom. The molecule has 0 aliphatic carbocycles. The van der Waals surface area contributed by atoms with Crippen LogP contribution in [0.1, 0.15) is 0 Å². The summed E-state index contributed by atoms with van der Waals surface area (Å²) in [5, 5.41) is 0. The molecule has 0 amide bonds. The van der Waals surface area contributed by atoms with Gasteiger partial charge in [-0.1, -0.05) is 6.07 Å². The van der Waals surface area contributed by atoms with Crippen LogP contribution in [-0.2, 0) is 0 Å². The fourth-order valence-electron chi connectivity index (χ4n) is 0.540. The molecular weight excluding hydrogens is 119 g/mol. The zero-order valence-electron chi connectivity index (χ0n) is 5.02. The molecule has 2 heteroatoms. The van der Waals surface area contributed by atoms with E-state index in [2.05, 4.69) is 6.07 Å². The molecule has 0 heterocycles. The second-order valence-corrected chi connectivity index (χ2v) is 1.57. The fourth-order valence-corrected chi connectivity index (χ4v) is 0.540. The Labute approximate surface area is 53.1 Å². The van der Waals surface area contributed by atoms with Crippen molar-refractivity contribution in [2.75, 3.05) is 7.11 Å². The smallest absolute Gasteiger partial charge is 0.135 e. The molecule has 0 aromatic heterocycles. The van der Waals surface area contributed by atoms with Gasteiger partial charge in [0.25, 0.3) is 0 Å². The summed E-state index contributed by atoms with van der Waals surface area (Å²) >= 11 is 0. The molecule has 9 heavy (non-hydrogen) atoms. The first-order valence-corrected chi connectivity index (χ1v) is 2.55. The van der Waals surface area contributed by atoms with Gasteiger partial charge in [-0.25, -0.2) is 4.39 Å². The maximum absolute atomic E-state index is 12.2. The summed E-state index contributed by atoms with van der Waals surface area (Å²) in [6, 6.07) is 6.91. The molecule has 0 aliphatic rings. The van der Waals surface area contributed by atoms with Crippen molar-refractivity contribution in [3.05, 3.63) is 30.1 Å². The highest BCUT2D eigenvalue weighted by Crippen LogP contribution is 2.08. The molecule has 0 unspecified atom stereocenters. The van der Waals surface area contributed by atoms with Crippen LogP contribution in [0.2, 0.25) is 0 Å². The Hall–Kier alpha value is -1.05. The molecule has 1 radical (unpaired) electrons. The van der Waals surface area contributed by atoms with Gasteiger partial charge in [-0.2, -0.15) is 0 Å². The SMILES string of the molecule is COc1[c]c(F)ccc1. The summed E-state index contributed by atoms with van der Waals surface area (Å²) in [7, 11) is 1.48. The molecule has 0 N–H and O–H groups in total. The Kier molecular flexibility index (Phi) is 1.68. The van der Waals surface area contributed by atoms with Crippen LogP contribution in [0.5, 0.6) is 5.75 Å². The molecule has 0 saturated heterocycles. The molecular formula is C7H6FO. The van der Waals surface area contributed by atoms with Gasteiger partial charge in [-0.05, 0) is 12.1 Å². The number of ether oxygens (including phenoxy) is 1. The number of halogens is 1. The average molecular weight is 125 g/mol. The Bertz CT molecular complexity index is 198. The Balaban J connectivity index is 2.94. The summed E-state index contributed by atoms with van der Waals surface area (Å²) in [5.41, 5.74) is 0. The van der Waals surface area contributed by atoms with E-state index < -0.39 is 5.82 Å². The van der Waals surface area contributed by atoms with Crippen molar-refractivity contribution in [3.63, 3.8) is 0 Å². The van der Waals surface area contributed by atoms with Crippen molar-refractivity contribution in [1.29, 1.82) is 0 Å². The van der Waals surface area contributed by atoms with E-state index in [9.17, 15) is 4.39 Å². The van der Waals surface area contributed by atoms with E-state index in [1.54, 1.807) is 12.1 Å². The molecule has 0 spiro atoms. The normalized spacial score (nSPS) is 9.11. The van der Waals surface area contributed by atoms with E-state index in [0.717, 1.165) is 0 Å². The zero-order chi connectivity index (χ0) is 6.69. The Morgan fingerprint density at radius 2 is 2.33 bits per heavy atom. The molecule has 0 bridgehead atoms. The third kappa shape index (κ3) is 1.42. The quantitative estimate of drug-likeness (QED) is 0.554. The second-order valence-electron chi connectivity index (χ2n) is 1.57. The standard InChI is InChI=1S/C7H6FO/c1-9-7-4-2-3-6(8)5-7/h2-4H,1H3. The number of hydrogen-bond donors (Lipinski definition) is 0. The number of hydrogen-bond acceptors (Lipinski definition) is 1. The third-order valence-electron chi connectivity index (χ3n) is 0.953. The molecule has 1 aromatic rings. The number of methoxy groups -OCH3 is 1. The maximum Gasteiger partial charge on any atom is 0.135 e. The van der Waals surface area contributed by atoms with E-state index in [-0.39, 0.29) is 0 Å². The van der Waals surface area contributed by atoms with E-state index in [1.807, 2.05) is 0 Å². The molecule has 0 aliphatic heterocycles. The van der Waals surface area contributed by atoms with Gasteiger partial charge in [0.15, 0.2) is 0 Å². The minimum absolute atomic E-state index is 0.394. The molecule has 0 fully saturated rings. The topological polar surface area (TPSA) is 9.23 Å². The predicted molar refractivity (Wildman–Crippen MR) is 31.8 cm³/mol. The molecule has 1 rings (SSSR count). The summed E-state index contributed by atoms with van der Waals surface area (Å²) in [5.74, 6) is 0.0318. The van der Waals surface area contributed by atoms with Crippen LogP contribution in [0, 0.1) is 11.9 Å². The number of benzene rings is 1. The monoisotopic (exact) mass is 125 g/mol. The molecule has 47 valence electrons. The van der Waals surface area contributed by atoms with Crippen LogP contribution in [0.15, 0.2) is 18.2 Å². The molecule has 1 nitrogen and oxygen atoms in total. The van der Waals surface area contributed by atoms with Crippen molar-refractivity contribution in [2.24, 2.45) is 0 Å². The highest BCUT2D eigenvalue weighted by molar-refractivity contribution is 5.20. The zero-order valence-corrected chi connectivity index (χ0v) is 5.02. The van der Waals surface area contributed by atoms with Gasteiger partial charge in [0.2, 0.25) is 0 Å². The summed E-state index contributed by atoms with van der Waals surface area (Å²) < 4.78 is 16.9. The third-order valence-corrected chi connectivity index (χ3v) is 0.953. The van der Waals surface area contributed by atoms with Crippen LogP contribution < -0.4 is 4.74 Å². The van der Waals surface area contributed by atoms with Crippen molar-refractivity contribution in [3.8, 4) is 5.75 Å². The van der Waals surface area contributed by atoms with Gasteiger partial charge in [-0.15, -0.1) is 0 Å². The molecule has 0 saturated carbocycles. The minimum atomic E-state index is -0.394. The van der Waals surface area contributed by atoms with E-state index in [4.69, 9.17) is 4.74 Å². The van der Waals surface area contributed by atoms with Gasteiger partial charge >= 0.3 is 0 Å². The lowest BCUT2D eigenvalue weighted by Crippen LogP contribution is -1.82. The van der Waals surface area contributed by atoms with Crippen LogP contribution in [0.4, 0.5) is 4.39 Å². The summed E-state index contributed by atoms with van der Waals surface area (Å²) in [4.78, 5) is 0. The molecule has 0 atom stereocenters. The van der Waals surface area contributed by atoms with Crippen LogP contribution in [0.25, 0.3) is 0 Å². The van der Waals surface area contributed by atoms with E-state index in [0.29, 0.717) is 5.75 Å². The van der Waals surface area contributed by atoms with Crippen molar-refractivity contribution < 1.29 is 9.13 Å². The van der Waals surface area contributed by atoms with Crippen LogP contribution in [-0.4, -0.2) is 7.11 Å². The van der Waals surface area contributed by atoms with Crippen LogP contribution in [0.3, 0.4) is 0 Å². The highest BCUT2D eigenvalue weighted by atomic mass is 19.1. The van der Waals surface area contributed by atoms with Crippen molar-refractivity contribution in [2.45, 2.75) is 0 Å². The first kappa shape index (κ1) is 6.08. The van der Waals surface area contributed by atoms with Gasteiger partial charge in [0, 0.05) is 0 Å². The highest BCUT2D eigenvalue weighted by Gasteiger charge is 1.91. The minimum Gasteiger partial charge on any atom is -0.496 e. The number of rotatable bonds is 1. The lowest BCUT2D eigenvalue weighted by Gasteiger charge is -1.95. The lowest BCUT2D eigenvalue weighted by atomic mass is 10.3. The maximum atomic E-state index is 12.2. The van der Waals surface area contributed by atoms with Crippen LogP contribution >= 0.6 is 0 Å². The summed E-state index contributed by atoms with van der Waals surface area (Å²) in [6.45, 7) is 0. The van der Waals surface area contributed by atoms with Crippen molar-refractivity contribution >= 4 is 0 Å². The largest absolute Gasteiger partial charge is 0.496 e. The lowest BCUT2D eigenvalue weighted by molar-refractivity contribution is 0.410. The average Bonchev–Trinajstić information content (AvgIpc) is 1.88. The first-order chi connectivity index (χ1) is 4.33. The first-order valence-electron chi connectivity index (χ1n) is 2.55. The van der Waals surface area contributed by atoms with Gasteiger partial charge in [0.05, 0.1) is 13.2 Å². The second kappa shape index (κ2) is 2.49. The summed E-state index contributed by atoms with van der Waals surface area (Å²) in [6.07, 6.45) is 0. The fraction of sp³-hybridized carbons (Fsp3) is 0.143. The Morgan fingerprint density at radius 1 is 1.56 bits per heavy atom. The van der Waals surface area contributed by atoms with Gasteiger partial charge < -0.3 is 4.74 Å². The molecule has 1 aromatic carbocycles. The predicted octanol–water partition coefficient (Wildman–Crippen LogP) is 1.63. The van der Waals surface area contributed by atoms with E-state index in [1.165, 1.54) is 13.2 Å². The van der Waals surface area contributed by atoms with Gasteiger partial charge in [0.1, 0.15) is 11.6 Å².